The Hall–Kier alpha value is -2.21. The van der Waals surface area contributed by atoms with E-state index in [-0.39, 0.29) is 11.8 Å². The zero-order chi connectivity index (χ0) is 18.4. The van der Waals surface area contributed by atoms with Crippen molar-refractivity contribution < 1.29 is 9.32 Å². The molecule has 0 saturated carbocycles. The molecule has 0 unspecified atom stereocenters. The summed E-state index contributed by atoms with van der Waals surface area (Å²) in [5, 5.41) is 6.93. The van der Waals surface area contributed by atoms with Gasteiger partial charge in [0.25, 0.3) is 5.91 Å². The predicted molar refractivity (Wildman–Crippen MR) is 100.0 cm³/mol. The topological polar surface area (TPSA) is 71.3 Å². The third-order valence-corrected chi connectivity index (χ3v) is 4.65. The van der Waals surface area contributed by atoms with Gasteiger partial charge in [-0.3, -0.25) is 9.69 Å². The molecule has 3 rings (SSSR count). The SMILES string of the molecule is CC(C)c1noc(CCCNC(=O)c2cccc(CN3CCCC3)c2)n1. The summed E-state index contributed by atoms with van der Waals surface area (Å²) in [6.07, 6.45) is 4.01. The third kappa shape index (κ3) is 5.14. The molecule has 0 atom stereocenters. The van der Waals surface area contributed by atoms with Crippen LogP contribution in [0.5, 0.6) is 0 Å². The number of benzene rings is 1. The first kappa shape index (κ1) is 18.6. The average Bonchev–Trinajstić information content (AvgIpc) is 3.30. The van der Waals surface area contributed by atoms with Crippen molar-refractivity contribution in [1.82, 2.24) is 20.4 Å². The van der Waals surface area contributed by atoms with E-state index in [1.54, 1.807) is 0 Å². The highest BCUT2D eigenvalue weighted by Gasteiger charge is 2.13. The van der Waals surface area contributed by atoms with Gasteiger partial charge in [0.15, 0.2) is 5.82 Å². The standard InChI is InChI=1S/C20H28N4O2/c1-15(2)19-22-18(26-23-19)9-6-10-21-20(25)17-8-5-7-16(13-17)14-24-11-3-4-12-24/h5,7-8,13,15H,3-4,6,9-12,14H2,1-2H3,(H,21,25). The molecule has 0 bridgehead atoms. The zero-order valence-corrected chi connectivity index (χ0v) is 15.7. The summed E-state index contributed by atoms with van der Waals surface area (Å²) in [6.45, 7) is 7.90. The molecule has 1 aromatic heterocycles. The molecular formula is C20H28N4O2. The van der Waals surface area contributed by atoms with Gasteiger partial charge < -0.3 is 9.84 Å². The third-order valence-electron chi connectivity index (χ3n) is 4.65. The van der Waals surface area contributed by atoms with Crippen LogP contribution in [0.2, 0.25) is 0 Å². The Morgan fingerprint density at radius 2 is 2.12 bits per heavy atom. The highest BCUT2D eigenvalue weighted by atomic mass is 16.5. The van der Waals surface area contributed by atoms with Crippen LogP contribution >= 0.6 is 0 Å². The Labute approximate surface area is 155 Å². The largest absolute Gasteiger partial charge is 0.352 e. The van der Waals surface area contributed by atoms with Crippen molar-refractivity contribution in [2.24, 2.45) is 0 Å². The molecular weight excluding hydrogens is 328 g/mol. The van der Waals surface area contributed by atoms with Crippen LogP contribution in [0, 0.1) is 0 Å². The Balaban J connectivity index is 1.44. The molecule has 6 heteroatoms. The Kier molecular flexibility index (Phi) is 6.39. The molecule has 140 valence electrons. The molecule has 1 aromatic carbocycles. The lowest BCUT2D eigenvalue weighted by Crippen LogP contribution is -2.25. The average molecular weight is 356 g/mol. The number of hydrogen-bond donors (Lipinski definition) is 1. The molecule has 0 radical (unpaired) electrons. The van der Waals surface area contributed by atoms with Crippen LogP contribution in [-0.2, 0) is 13.0 Å². The molecule has 0 aliphatic carbocycles. The normalized spacial score (nSPS) is 14.9. The van der Waals surface area contributed by atoms with Gasteiger partial charge in [-0.2, -0.15) is 4.98 Å². The molecule has 1 fully saturated rings. The maximum absolute atomic E-state index is 12.4. The van der Waals surface area contributed by atoms with Gasteiger partial charge in [-0.25, -0.2) is 0 Å². The number of hydrogen-bond acceptors (Lipinski definition) is 5. The summed E-state index contributed by atoms with van der Waals surface area (Å²) >= 11 is 0. The quantitative estimate of drug-likeness (QED) is 0.736. The minimum atomic E-state index is -0.0262. The van der Waals surface area contributed by atoms with Gasteiger partial charge in [0.2, 0.25) is 5.89 Å². The number of carbonyl (C=O) groups excluding carboxylic acids is 1. The molecule has 1 saturated heterocycles. The van der Waals surface area contributed by atoms with E-state index >= 15 is 0 Å². The number of carbonyl (C=O) groups is 1. The number of likely N-dealkylation sites (tertiary alicyclic amines) is 1. The van der Waals surface area contributed by atoms with Crippen LogP contribution in [-0.4, -0.2) is 40.6 Å². The second kappa shape index (κ2) is 8.94. The minimum Gasteiger partial charge on any atom is -0.352 e. The fourth-order valence-corrected chi connectivity index (χ4v) is 3.16. The van der Waals surface area contributed by atoms with Crippen LogP contribution in [0.4, 0.5) is 0 Å². The van der Waals surface area contributed by atoms with E-state index in [0.29, 0.717) is 18.9 Å². The minimum absolute atomic E-state index is 0.0262. The first-order valence-corrected chi connectivity index (χ1v) is 9.54. The molecule has 6 nitrogen and oxygen atoms in total. The number of nitrogens with zero attached hydrogens (tertiary/aromatic N) is 3. The first-order chi connectivity index (χ1) is 12.6. The van der Waals surface area contributed by atoms with Crippen LogP contribution in [0.15, 0.2) is 28.8 Å². The number of nitrogens with one attached hydrogen (secondary N) is 1. The molecule has 2 aromatic rings. The highest BCUT2D eigenvalue weighted by molar-refractivity contribution is 5.94. The van der Waals surface area contributed by atoms with Crippen molar-refractivity contribution >= 4 is 5.91 Å². The van der Waals surface area contributed by atoms with Crippen LogP contribution in [0.3, 0.4) is 0 Å². The molecule has 26 heavy (non-hydrogen) atoms. The van der Waals surface area contributed by atoms with E-state index in [1.165, 1.54) is 18.4 Å². The Morgan fingerprint density at radius 1 is 1.31 bits per heavy atom. The second-order valence-electron chi connectivity index (χ2n) is 7.24. The fraction of sp³-hybridized carbons (Fsp3) is 0.550. The maximum atomic E-state index is 12.4. The Bertz CT molecular complexity index is 720. The van der Waals surface area contributed by atoms with E-state index in [2.05, 4.69) is 26.4 Å². The molecule has 1 aliphatic rings. The lowest BCUT2D eigenvalue weighted by atomic mass is 10.1. The first-order valence-electron chi connectivity index (χ1n) is 9.54. The number of rotatable bonds is 8. The summed E-state index contributed by atoms with van der Waals surface area (Å²) in [5.41, 5.74) is 1.92. The van der Waals surface area contributed by atoms with Crippen molar-refractivity contribution in [1.29, 1.82) is 0 Å². The van der Waals surface area contributed by atoms with Gasteiger partial charge in [0.05, 0.1) is 0 Å². The van der Waals surface area contributed by atoms with Crippen molar-refractivity contribution in [3.05, 3.63) is 47.1 Å². The van der Waals surface area contributed by atoms with Crippen LogP contribution < -0.4 is 5.32 Å². The lowest BCUT2D eigenvalue weighted by molar-refractivity contribution is 0.0952. The van der Waals surface area contributed by atoms with Crippen molar-refractivity contribution in [2.75, 3.05) is 19.6 Å². The molecule has 2 heterocycles. The molecule has 1 amide bonds. The van der Waals surface area contributed by atoms with Gasteiger partial charge in [0, 0.05) is 31.0 Å². The van der Waals surface area contributed by atoms with Crippen molar-refractivity contribution in [3.63, 3.8) is 0 Å². The number of aryl methyl sites for hydroxylation is 1. The number of amides is 1. The maximum Gasteiger partial charge on any atom is 0.251 e. The van der Waals surface area contributed by atoms with E-state index in [9.17, 15) is 4.79 Å². The van der Waals surface area contributed by atoms with Crippen LogP contribution in [0.1, 0.15) is 66.7 Å². The summed E-state index contributed by atoms with van der Waals surface area (Å²) in [5.74, 6) is 1.61. The Morgan fingerprint density at radius 3 is 2.85 bits per heavy atom. The monoisotopic (exact) mass is 356 g/mol. The smallest absolute Gasteiger partial charge is 0.251 e. The zero-order valence-electron chi connectivity index (χ0n) is 15.7. The van der Waals surface area contributed by atoms with E-state index in [0.717, 1.165) is 37.4 Å². The second-order valence-corrected chi connectivity index (χ2v) is 7.24. The van der Waals surface area contributed by atoms with Gasteiger partial charge in [-0.1, -0.05) is 31.1 Å². The fourth-order valence-electron chi connectivity index (χ4n) is 3.16. The predicted octanol–water partition coefficient (Wildman–Crippen LogP) is 3.15. The van der Waals surface area contributed by atoms with E-state index in [1.807, 2.05) is 32.0 Å². The summed E-state index contributed by atoms with van der Waals surface area (Å²) < 4.78 is 5.22. The van der Waals surface area contributed by atoms with Gasteiger partial charge >= 0.3 is 0 Å². The van der Waals surface area contributed by atoms with E-state index < -0.39 is 0 Å². The molecule has 0 spiro atoms. The summed E-state index contributed by atoms with van der Waals surface area (Å²) in [6, 6.07) is 7.93. The van der Waals surface area contributed by atoms with Gasteiger partial charge in [-0.05, 0) is 50.0 Å². The summed E-state index contributed by atoms with van der Waals surface area (Å²) in [7, 11) is 0. The van der Waals surface area contributed by atoms with Gasteiger partial charge in [0.1, 0.15) is 0 Å². The highest BCUT2D eigenvalue weighted by Crippen LogP contribution is 2.14. The van der Waals surface area contributed by atoms with Crippen molar-refractivity contribution in [2.45, 2.75) is 52.0 Å². The summed E-state index contributed by atoms with van der Waals surface area (Å²) in [4.78, 5) is 19.1. The lowest BCUT2D eigenvalue weighted by Gasteiger charge is -2.15. The number of aromatic nitrogens is 2. The van der Waals surface area contributed by atoms with E-state index in [4.69, 9.17) is 4.52 Å². The van der Waals surface area contributed by atoms with Crippen LogP contribution in [0.25, 0.3) is 0 Å². The molecule has 1 aliphatic heterocycles. The van der Waals surface area contributed by atoms with Crippen molar-refractivity contribution in [3.8, 4) is 0 Å². The molecule has 1 N–H and O–H groups in total. The van der Waals surface area contributed by atoms with Gasteiger partial charge in [-0.15, -0.1) is 0 Å².